The quantitative estimate of drug-likeness (QED) is 0.441. The normalized spacial score (nSPS) is 14.6. The monoisotopic (exact) mass is 469 g/mol. The summed E-state index contributed by atoms with van der Waals surface area (Å²) in [6.45, 7) is 1.37. The molecule has 8 nitrogen and oxygen atoms in total. The van der Waals surface area contributed by atoms with Crippen LogP contribution in [-0.4, -0.2) is 62.6 Å². The maximum absolute atomic E-state index is 13.0. The van der Waals surface area contributed by atoms with Crippen LogP contribution in [0.1, 0.15) is 16.2 Å². The third kappa shape index (κ3) is 4.00. The van der Waals surface area contributed by atoms with Crippen molar-refractivity contribution in [3.8, 4) is 11.4 Å². The van der Waals surface area contributed by atoms with Gasteiger partial charge in [0.2, 0.25) is 5.82 Å². The van der Waals surface area contributed by atoms with Crippen LogP contribution in [0.5, 0.6) is 0 Å². The number of hydrogen-bond donors (Lipinski definition) is 0. The van der Waals surface area contributed by atoms with E-state index >= 15 is 0 Å². The van der Waals surface area contributed by atoms with E-state index in [1.807, 2.05) is 30.3 Å². The van der Waals surface area contributed by atoms with Crippen LogP contribution in [0.3, 0.4) is 0 Å². The van der Waals surface area contributed by atoms with Gasteiger partial charge in [-0.1, -0.05) is 35.5 Å². The van der Waals surface area contributed by atoms with Crippen molar-refractivity contribution in [2.45, 2.75) is 6.18 Å². The molecule has 34 heavy (non-hydrogen) atoms. The van der Waals surface area contributed by atoms with Crippen LogP contribution < -0.4 is 0 Å². The maximum atomic E-state index is 13.0. The smallest absolute Gasteiger partial charge is 0.335 e. The summed E-state index contributed by atoms with van der Waals surface area (Å²) in [5.41, 5.74) is 1.34. The number of alkyl halides is 3. The predicted molar refractivity (Wildman–Crippen MR) is 115 cm³/mol. The molecule has 4 aromatic rings. The summed E-state index contributed by atoms with van der Waals surface area (Å²) in [4.78, 5) is 32.6. The van der Waals surface area contributed by atoms with Crippen molar-refractivity contribution in [1.29, 1.82) is 0 Å². The van der Waals surface area contributed by atoms with E-state index in [-0.39, 0.29) is 28.9 Å². The Morgan fingerprint density at radius 2 is 1.65 bits per heavy atom. The number of benzene rings is 2. The van der Waals surface area contributed by atoms with Gasteiger partial charge in [-0.15, -0.1) is 0 Å². The predicted octanol–water partition coefficient (Wildman–Crippen LogP) is 4.14. The van der Waals surface area contributed by atoms with Gasteiger partial charge in [0, 0.05) is 48.9 Å². The number of nitrogens with zero attached hydrogens (tertiary/aromatic N) is 5. The summed E-state index contributed by atoms with van der Waals surface area (Å²) in [5.74, 6) is -1.99. The Labute approximate surface area is 191 Å². The first-order chi connectivity index (χ1) is 16.3. The van der Waals surface area contributed by atoms with Crippen molar-refractivity contribution >= 4 is 22.8 Å². The molecule has 0 radical (unpaired) electrons. The van der Waals surface area contributed by atoms with Gasteiger partial charge in [0.1, 0.15) is 0 Å². The number of aromatic nitrogens is 3. The van der Waals surface area contributed by atoms with Gasteiger partial charge < -0.3 is 14.3 Å². The molecule has 0 atom stereocenters. The molecule has 174 valence electrons. The van der Waals surface area contributed by atoms with Crippen molar-refractivity contribution < 1.29 is 27.3 Å². The highest BCUT2D eigenvalue weighted by molar-refractivity contribution is 5.96. The van der Waals surface area contributed by atoms with Crippen molar-refractivity contribution in [3.05, 3.63) is 72.2 Å². The second-order valence-corrected chi connectivity index (χ2v) is 7.81. The van der Waals surface area contributed by atoms with Crippen molar-refractivity contribution in [2.24, 2.45) is 0 Å². The van der Waals surface area contributed by atoms with Crippen LogP contribution in [0.25, 0.3) is 22.3 Å². The first-order valence-corrected chi connectivity index (χ1v) is 10.5. The second-order valence-electron chi connectivity index (χ2n) is 7.81. The molecule has 0 spiro atoms. The average Bonchev–Trinajstić information content (AvgIpc) is 3.51. The molecular weight excluding hydrogens is 451 g/mol. The SMILES string of the molecule is O=C(c1cccc(-c2noc(C(F)(F)F)n2)c1)N1CCN(C(=O)n2ccc3ccccc32)CC1. The lowest BCUT2D eigenvalue weighted by atomic mass is 10.1. The lowest BCUT2D eigenvalue weighted by Crippen LogP contribution is -2.51. The second kappa shape index (κ2) is 8.32. The molecule has 0 unspecified atom stereocenters. The molecule has 2 aromatic carbocycles. The van der Waals surface area contributed by atoms with E-state index in [1.54, 1.807) is 32.7 Å². The van der Waals surface area contributed by atoms with E-state index < -0.39 is 12.1 Å². The van der Waals surface area contributed by atoms with Gasteiger partial charge in [-0.05, 0) is 24.3 Å². The molecular formula is C23H18F3N5O3. The molecule has 2 amide bonds. The van der Waals surface area contributed by atoms with Crippen LogP contribution in [0.4, 0.5) is 18.0 Å². The standard InChI is InChI=1S/C23H18F3N5O3/c24-23(25,26)21-27-19(28-34-21)16-5-3-6-17(14-16)20(32)29-10-12-30(13-11-29)22(33)31-9-8-15-4-1-2-7-18(15)31/h1-9,14H,10-13H2. The Balaban J connectivity index is 1.27. The lowest BCUT2D eigenvalue weighted by molar-refractivity contribution is -0.159. The zero-order valence-electron chi connectivity index (χ0n) is 17.7. The molecule has 0 bridgehead atoms. The minimum Gasteiger partial charge on any atom is -0.335 e. The molecule has 1 aliphatic rings. The molecule has 1 aliphatic heterocycles. The number of piperazine rings is 1. The third-order valence-electron chi connectivity index (χ3n) is 5.68. The molecule has 0 N–H and O–H groups in total. The third-order valence-corrected chi connectivity index (χ3v) is 5.68. The number of carbonyl (C=O) groups excluding carboxylic acids is 2. The van der Waals surface area contributed by atoms with Gasteiger partial charge in [0.15, 0.2) is 0 Å². The zero-order valence-corrected chi connectivity index (χ0v) is 17.7. The first-order valence-electron chi connectivity index (χ1n) is 10.5. The van der Waals surface area contributed by atoms with E-state index in [0.29, 0.717) is 26.2 Å². The van der Waals surface area contributed by atoms with Crippen molar-refractivity contribution in [2.75, 3.05) is 26.2 Å². The molecule has 0 saturated carbocycles. The summed E-state index contributed by atoms with van der Waals surface area (Å²) in [6, 6.07) is 15.3. The summed E-state index contributed by atoms with van der Waals surface area (Å²) in [7, 11) is 0. The van der Waals surface area contributed by atoms with Crippen LogP contribution in [0.15, 0.2) is 65.3 Å². The highest BCUT2D eigenvalue weighted by atomic mass is 19.4. The molecule has 5 rings (SSSR count). The Morgan fingerprint density at radius 3 is 2.38 bits per heavy atom. The minimum atomic E-state index is -4.75. The number of rotatable bonds is 2. The topological polar surface area (TPSA) is 84.5 Å². The van der Waals surface area contributed by atoms with Gasteiger partial charge in [-0.3, -0.25) is 9.36 Å². The van der Waals surface area contributed by atoms with Crippen LogP contribution in [0, 0.1) is 0 Å². The molecule has 1 fully saturated rings. The van der Waals surface area contributed by atoms with Crippen molar-refractivity contribution in [3.63, 3.8) is 0 Å². The van der Waals surface area contributed by atoms with Gasteiger partial charge in [0.25, 0.3) is 5.91 Å². The van der Waals surface area contributed by atoms with E-state index in [1.165, 1.54) is 12.1 Å². The number of amides is 2. The molecule has 3 heterocycles. The van der Waals surface area contributed by atoms with E-state index in [2.05, 4.69) is 14.7 Å². The number of carbonyl (C=O) groups is 2. The van der Waals surface area contributed by atoms with Gasteiger partial charge in [-0.25, -0.2) is 4.79 Å². The zero-order chi connectivity index (χ0) is 23.9. The molecule has 1 saturated heterocycles. The maximum Gasteiger partial charge on any atom is 0.471 e. The molecule has 2 aromatic heterocycles. The highest BCUT2D eigenvalue weighted by Gasteiger charge is 2.38. The summed E-state index contributed by atoms with van der Waals surface area (Å²) < 4.78 is 44.1. The fraction of sp³-hybridized carbons (Fsp3) is 0.217. The number of para-hydroxylation sites is 1. The highest BCUT2D eigenvalue weighted by Crippen LogP contribution is 2.29. The van der Waals surface area contributed by atoms with E-state index in [9.17, 15) is 22.8 Å². The van der Waals surface area contributed by atoms with Crippen LogP contribution in [-0.2, 0) is 6.18 Å². The average molecular weight is 469 g/mol. The Morgan fingerprint density at radius 1 is 0.912 bits per heavy atom. The van der Waals surface area contributed by atoms with Gasteiger partial charge in [0.05, 0.1) is 5.52 Å². The summed E-state index contributed by atoms with van der Waals surface area (Å²) in [6.07, 6.45) is -3.01. The van der Waals surface area contributed by atoms with Crippen LogP contribution >= 0.6 is 0 Å². The van der Waals surface area contributed by atoms with E-state index in [0.717, 1.165) is 10.9 Å². The summed E-state index contributed by atoms with van der Waals surface area (Å²) >= 11 is 0. The minimum absolute atomic E-state index is 0.159. The Bertz CT molecular complexity index is 1370. The molecule has 11 heteroatoms. The number of hydrogen-bond acceptors (Lipinski definition) is 5. The number of fused-ring (bicyclic) bond motifs is 1. The number of halogens is 3. The van der Waals surface area contributed by atoms with Gasteiger partial charge >= 0.3 is 18.1 Å². The largest absolute Gasteiger partial charge is 0.471 e. The van der Waals surface area contributed by atoms with Gasteiger partial charge in [-0.2, -0.15) is 18.2 Å². The lowest BCUT2D eigenvalue weighted by Gasteiger charge is -2.34. The van der Waals surface area contributed by atoms with Crippen molar-refractivity contribution in [1.82, 2.24) is 24.5 Å². The Hall–Kier alpha value is -4.15. The molecule has 0 aliphatic carbocycles. The fourth-order valence-corrected chi connectivity index (χ4v) is 3.93. The van der Waals surface area contributed by atoms with Crippen LogP contribution in [0.2, 0.25) is 0 Å². The fourth-order valence-electron chi connectivity index (χ4n) is 3.93. The Kier molecular flexibility index (Phi) is 5.31. The summed E-state index contributed by atoms with van der Waals surface area (Å²) in [5, 5.41) is 4.33. The van der Waals surface area contributed by atoms with E-state index in [4.69, 9.17) is 0 Å². The first kappa shape index (κ1) is 21.7.